The van der Waals surface area contributed by atoms with Crippen LogP contribution in [0.25, 0.3) is 27.6 Å². The monoisotopic (exact) mass is 577 g/mol. The Hall–Kier alpha value is -3.64. The Bertz CT molecular complexity index is 1570. The number of amides is 2. The summed E-state index contributed by atoms with van der Waals surface area (Å²) in [5.74, 6) is 0.544. The Labute approximate surface area is 227 Å². The minimum Gasteiger partial charge on any atom is -0.359 e. The van der Waals surface area contributed by atoms with Gasteiger partial charge in [-0.3, -0.25) is 14.6 Å². The summed E-state index contributed by atoms with van der Waals surface area (Å²) >= 11 is 3.56. The van der Waals surface area contributed by atoms with E-state index in [1.165, 1.54) is 0 Å². The molecular weight excluding hydrogens is 550 g/mol. The molecular formula is C26H28BrN9O2. The lowest BCUT2D eigenvalue weighted by molar-refractivity contribution is -0.129. The highest BCUT2D eigenvalue weighted by Crippen LogP contribution is 2.39. The predicted octanol–water partition coefficient (Wildman–Crippen LogP) is 2.78. The molecule has 3 N–H and O–H groups in total. The summed E-state index contributed by atoms with van der Waals surface area (Å²) in [5, 5.41) is 15.7. The second-order valence-corrected chi connectivity index (χ2v) is 10.9. The molecule has 1 saturated heterocycles. The molecule has 2 atom stereocenters. The van der Waals surface area contributed by atoms with Gasteiger partial charge in [-0.25, -0.2) is 9.67 Å². The number of halogens is 1. The van der Waals surface area contributed by atoms with Crippen LogP contribution in [-0.4, -0.2) is 69.3 Å². The summed E-state index contributed by atoms with van der Waals surface area (Å²) in [5.41, 5.74) is 2.50. The molecule has 4 heterocycles. The molecule has 4 aromatic rings. The SMILES string of the molecule is CNC(=O)[C@]1(C)CC[C@@H](Nc2ncc3c(Br)nn(-c4cc(N5CCNCC5=O)c5ncccc5c4)c3n2)C1. The third-order valence-corrected chi connectivity index (χ3v) is 8.11. The number of hydrogen-bond acceptors (Lipinski definition) is 8. The first-order valence-electron chi connectivity index (χ1n) is 12.7. The molecule has 1 aromatic carbocycles. The predicted molar refractivity (Wildman–Crippen MR) is 148 cm³/mol. The summed E-state index contributed by atoms with van der Waals surface area (Å²) in [6.45, 7) is 3.56. The maximum absolute atomic E-state index is 12.8. The van der Waals surface area contributed by atoms with Crippen LogP contribution in [0.1, 0.15) is 26.2 Å². The number of benzene rings is 1. The lowest BCUT2D eigenvalue weighted by Gasteiger charge is -2.28. The van der Waals surface area contributed by atoms with Crippen molar-refractivity contribution in [3.63, 3.8) is 0 Å². The van der Waals surface area contributed by atoms with E-state index in [1.807, 2.05) is 31.2 Å². The Kier molecular flexibility index (Phi) is 6.23. The second-order valence-electron chi connectivity index (χ2n) is 10.1. The minimum absolute atomic E-state index is 0.000913. The molecule has 6 rings (SSSR count). The Balaban J connectivity index is 1.39. The smallest absolute Gasteiger partial charge is 0.241 e. The van der Waals surface area contributed by atoms with Gasteiger partial charge in [0.15, 0.2) is 5.65 Å². The fourth-order valence-electron chi connectivity index (χ4n) is 5.52. The van der Waals surface area contributed by atoms with Crippen LogP contribution in [0.5, 0.6) is 0 Å². The van der Waals surface area contributed by atoms with Crippen LogP contribution in [-0.2, 0) is 9.59 Å². The zero-order chi connectivity index (χ0) is 26.4. The Morgan fingerprint density at radius 1 is 1.29 bits per heavy atom. The van der Waals surface area contributed by atoms with Gasteiger partial charge in [-0.1, -0.05) is 13.0 Å². The first-order chi connectivity index (χ1) is 18.4. The second kappa shape index (κ2) is 9.59. The van der Waals surface area contributed by atoms with E-state index in [9.17, 15) is 9.59 Å². The lowest BCUT2D eigenvalue weighted by Crippen LogP contribution is -2.48. The average molecular weight is 578 g/mol. The van der Waals surface area contributed by atoms with Gasteiger partial charge >= 0.3 is 0 Å². The number of fused-ring (bicyclic) bond motifs is 2. The van der Waals surface area contributed by atoms with Crippen LogP contribution in [0, 0.1) is 5.41 Å². The van der Waals surface area contributed by atoms with Crippen LogP contribution >= 0.6 is 15.9 Å². The van der Waals surface area contributed by atoms with E-state index in [0.717, 1.165) is 40.5 Å². The van der Waals surface area contributed by atoms with Crippen LogP contribution < -0.4 is 20.9 Å². The van der Waals surface area contributed by atoms with Gasteiger partial charge in [0.2, 0.25) is 17.8 Å². The molecule has 11 nitrogen and oxygen atoms in total. The van der Waals surface area contributed by atoms with Crippen molar-refractivity contribution < 1.29 is 9.59 Å². The van der Waals surface area contributed by atoms with Crippen molar-refractivity contribution in [2.75, 3.05) is 36.9 Å². The summed E-state index contributed by atoms with van der Waals surface area (Å²) in [7, 11) is 1.68. The number of carbonyl (C=O) groups is 2. The van der Waals surface area contributed by atoms with E-state index in [2.05, 4.69) is 41.8 Å². The molecule has 2 fully saturated rings. The number of nitrogens with zero attached hydrogens (tertiary/aromatic N) is 6. The summed E-state index contributed by atoms with van der Waals surface area (Å²) in [4.78, 5) is 40.8. The normalized spacial score (nSPS) is 21.8. The van der Waals surface area contributed by atoms with E-state index < -0.39 is 5.41 Å². The van der Waals surface area contributed by atoms with Crippen LogP contribution in [0.4, 0.5) is 11.6 Å². The summed E-state index contributed by atoms with van der Waals surface area (Å²) < 4.78 is 2.39. The number of pyridine rings is 1. The highest BCUT2D eigenvalue weighted by Gasteiger charge is 2.41. The first-order valence-corrected chi connectivity index (χ1v) is 13.5. The molecule has 1 aliphatic heterocycles. The van der Waals surface area contributed by atoms with Gasteiger partial charge in [0.05, 0.1) is 28.8 Å². The van der Waals surface area contributed by atoms with Crippen molar-refractivity contribution >= 4 is 61.3 Å². The molecule has 0 bridgehead atoms. The minimum atomic E-state index is -0.405. The highest BCUT2D eigenvalue weighted by atomic mass is 79.9. The number of anilines is 2. The largest absolute Gasteiger partial charge is 0.359 e. The topological polar surface area (TPSA) is 130 Å². The average Bonchev–Trinajstić information content (AvgIpc) is 3.47. The van der Waals surface area contributed by atoms with Crippen molar-refractivity contribution in [2.24, 2.45) is 5.41 Å². The van der Waals surface area contributed by atoms with Crippen LogP contribution in [0.15, 0.2) is 41.3 Å². The van der Waals surface area contributed by atoms with Crippen molar-refractivity contribution in [1.29, 1.82) is 0 Å². The number of carbonyl (C=O) groups excluding carboxylic acids is 2. The first kappa shape index (κ1) is 24.7. The maximum Gasteiger partial charge on any atom is 0.241 e. The van der Waals surface area contributed by atoms with E-state index in [0.29, 0.717) is 35.7 Å². The molecule has 1 aliphatic carbocycles. The van der Waals surface area contributed by atoms with E-state index >= 15 is 0 Å². The number of piperazine rings is 1. The molecule has 12 heteroatoms. The van der Waals surface area contributed by atoms with E-state index in [4.69, 9.17) is 10.1 Å². The van der Waals surface area contributed by atoms with Crippen molar-refractivity contribution in [2.45, 2.75) is 32.2 Å². The molecule has 196 valence electrons. The molecule has 0 radical (unpaired) electrons. The quantitative estimate of drug-likeness (QED) is 0.330. The zero-order valence-corrected chi connectivity index (χ0v) is 22.7. The van der Waals surface area contributed by atoms with Crippen molar-refractivity contribution in [1.82, 2.24) is 35.4 Å². The molecule has 2 aliphatic rings. The van der Waals surface area contributed by atoms with Crippen molar-refractivity contribution in [3.05, 3.63) is 41.3 Å². The van der Waals surface area contributed by atoms with Gasteiger partial charge in [0, 0.05) is 49.4 Å². The summed E-state index contributed by atoms with van der Waals surface area (Å²) in [6.07, 6.45) is 5.84. The standard InChI is InChI=1S/C26H28BrN9O2/c1-26(24(38)28-2)6-5-16(12-26)32-25-31-13-18-22(27)34-36(23(18)33-25)17-10-15-4-3-7-30-21(15)19(11-17)35-9-8-29-14-20(35)37/h3-4,7,10-11,13,16,29H,5-6,8-9,12,14H2,1-2H3,(H,28,38)(H,31,32,33)/t16-,26-/m1/s1. The van der Waals surface area contributed by atoms with Gasteiger partial charge in [-0.05, 0) is 53.4 Å². The van der Waals surface area contributed by atoms with Gasteiger partial charge in [0.25, 0.3) is 0 Å². The Morgan fingerprint density at radius 2 is 2.16 bits per heavy atom. The molecule has 0 unspecified atom stereocenters. The van der Waals surface area contributed by atoms with Gasteiger partial charge < -0.3 is 20.9 Å². The van der Waals surface area contributed by atoms with Gasteiger partial charge in [0.1, 0.15) is 4.60 Å². The zero-order valence-electron chi connectivity index (χ0n) is 21.2. The van der Waals surface area contributed by atoms with E-state index in [1.54, 1.807) is 29.0 Å². The number of aromatic nitrogens is 5. The molecule has 38 heavy (non-hydrogen) atoms. The van der Waals surface area contributed by atoms with Gasteiger partial charge in [-0.15, -0.1) is 0 Å². The van der Waals surface area contributed by atoms with Gasteiger partial charge in [-0.2, -0.15) is 10.1 Å². The summed E-state index contributed by atoms with van der Waals surface area (Å²) in [6, 6.07) is 7.89. The highest BCUT2D eigenvalue weighted by molar-refractivity contribution is 9.10. The number of rotatable bonds is 5. The van der Waals surface area contributed by atoms with E-state index in [-0.39, 0.29) is 24.4 Å². The lowest BCUT2D eigenvalue weighted by atomic mass is 9.87. The third kappa shape index (κ3) is 4.27. The molecule has 2 amide bonds. The molecule has 0 spiro atoms. The number of nitrogens with one attached hydrogen (secondary N) is 3. The fourth-order valence-corrected chi connectivity index (χ4v) is 5.96. The maximum atomic E-state index is 12.8. The number of hydrogen-bond donors (Lipinski definition) is 3. The third-order valence-electron chi connectivity index (χ3n) is 7.52. The fraction of sp³-hybridized carbons (Fsp3) is 0.385. The molecule has 1 saturated carbocycles. The van der Waals surface area contributed by atoms with Crippen molar-refractivity contribution in [3.8, 4) is 5.69 Å². The van der Waals surface area contributed by atoms with Crippen LogP contribution in [0.2, 0.25) is 0 Å². The van der Waals surface area contributed by atoms with Crippen LogP contribution in [0.3, 0.4) is 0 Å². The molecule has 3 aromatic heterocycles. The Morgan fingerprint density at radius 3 is 2.97 bits per heavy atom.